The van der Waals surface area contributed by atoms with Crippen molar-refractivity contribution in [3.8, 4) is 5.75 Å². The fraction of sp³-hybridized carbons (Fsp3) is 0.724. The van der Waals surface area contributed by atoms with Crippen molar-refractivity contribution in [2.75, 3.05) is 26.3 Å². The van der Waals surface area contributed by atoms with E-state index in [0.717, 1.165) is 102 Å². The quantitative estimate of drug-likeness (QED) is 0.525. The molecule has 34 heavy (non-hydrogen) atoms. The van der Waals surface area contributed by atoms with Crippen LogP contribution in [0.1, 0.15) is 87.3 Å². The van der Waals surface area contributed by atoms with Crippen molar-refractivity contribution >= 4 is 11.9 Å². The molecule has 3 aliphatic carbocycles. The first-order valence-electron chi connectivity index (χ1n) is 13.6. The molecule has 2 aliphatic heterocycles. The Hall–Kier alpha value is -1.88. The molecule has 5 heteroatoms. The molecular weight excluding hydrogens is 426 g/mol. The second kappa shape index (κ2) is 8.36. The van der Waals surface area contributed by atoms with Crippen molar-refractivity contribution < 1.29 is 19.1 Å². The zero-order valence-corrected chi connectivity index (χ0v) is 20.9. The second-order valence-corrected chi connectivity index (χ2v) is 12.1. The Bertz CT molecular complexity index is 986. The summed E-state index contributed by atoms with van der Waals surface area (Å²) in [6.07, 6.45) is 10.3. The number of benzene rings is 1. The predicted molar refractivity (Wildman–Crippen MR) is 130 cm³/mol. The van der Waals surface area contributed by atoms with Gasteiger partial charge in [0.05, 0.1) is 0 Å². The van der Waals surface area contributed by atoms with Gasteiger partial charge in [-0.25, -0.2) is 4.79 Å². The summed E-state index contributed by atoms with van der Waals surface area (Å²) in [4.78, 5) is 27.5. The zero-order valence-electron chi connectivity index (χ0n) is 20.9. The molecule has 2 saturated heterocycles. The van der Waals surface area contributed by atoms with E-state index in [0.29, 0.717) is 29.0 Å². The van der Waals surface area contributed by atoms with Crippen LogP contribution in [-0.4, -0.2) is 43.1 Å². The number of fused-ring (bicyclic) bond motifs is 5. The van der Waals surface area contributed by atoms with E-state index in [1.807, 2.05) is 4.90 Å². The first kappa shape index (κ1) is 22.6. The standard InChI is InChI=1S/C29H39NO4/c1-19-17-23-20(3-4-22-21(23)7-8-28(2)24(22)5-6-26(28)31)18-25(19)34-27(32)30-13-9-29(10-14-30)11-15-33-16-12-29/h17-18,21-22,24H,3-16H2,1-2H3. The van der Waals surface area contributed by atoms with Gasteiger partial charge < -0.3 is 14.4 Å². The molecule has 0 N–H and O–H groups in total. The maximum absolute atomic E-state index is 13.0. The molecule has 4 atom stereocenters. The van der Waals surface area contributed by atoms with E-state index in [9.17, 15) is 9.59 Å². The molecule has 0 bridgehead atoms. The second-order valence-electron chi connectivity index (χ2n) is 12.1. The predicted octanol–water partition coefficient (Wildman–Crippen LogP) is 5.81. The monoisotopic (exact) mass is 465 g/mol. The minimum Gasteiger partial charge on any atom is -0.410 e. The Balaban J connectivity index is 1.15. The lowest BCUT2D eigenvalue weighted by Crippen LogP contribution is -2.46. The van der Waals surface area contributed by atoms with E-state index in [1.165, 1.54) is 11.1 Å². The van der Waals surface area contributed by atoms with E-state index in [2.05, 4.69) is 26.0 Å². The number of aryl methyl sites for hydroxylation is 2. The van der Waals surface area contributed by atoms with Crippen LogP contribution in [0, 0.1) is 29.6 Å². The first-order valence-corrected chi connectivity index (χ1v) is 13.6. The Kier molecular flexibility index (Phi) is 5.55. The molecule has 4 fully saturated rings. The molecule has 4 unspecified atom stereocenters. The van der Waals surface area contributed by atoms with Gasteiger partial charge in [-0.1, -0.05) is 13.0 Å². The van der Waals surface area contributed by atoms with Gasteiger partial charge >= 0.3 is 6.09 Å². The van der Waals surface area contributed by atoms with E-state index < -0.39 is 0 Å². The highest BCUT2D eigenvalue weighted by atomic mass is 16.6. The third-order valence-electron chi connectivity index (χ3n) is 10.6. The van der Waals surface area contributed by atoms with Crippen molar-refractivity contribution in [1.82, 2.24) is 4.90 Å². The molecule has 2 heterocycles. The summed E-state index contributed by atoms with van der Waals surface area (Å²) in [7, 11) is 0. The number of hydrogen-bond acceptors (Lipinski definition) is 4. The van der Waals surface area contributed by atoms with Crippen molar-refractivity contribution in [2.24, 2.45) is 22.7 Å². The Labute approximate surface area is 203 Å². The highest BCUT2D eigenvalue weighted by molar-refractivity contribution is 5.87. The van der Waals surface area contributed by atoms with Crippen LogP contribution in [0.25, 0.3) is 0 Å². The van der Waals surface area contributed by atoms with Crippen LogP contribution in [0.2, 0.25) is 0 Å². The number of carbonyl (C=O) groups excluding carboxylic acids is 2. The topological polar surface area (TPSA) is 55.8 Å². The Morgan fingerprint density at radius 1 is 1.03 bits per heavy atom. The molecule has 1 amide bonds. The van der Waals surface area contributed by atoms with Crippen molar-refractivity contribution in [2.45, 2.75) is 84.0 Å². The van der Waals surface area contributed by atoms with Crippen molar-refractivity contribution in [3.63, 3.8) is 0 Å². The average Bonchev–Trinajstić information content (AvgIpc) is 3.15. The molecule has 5 aliphatic rings. The molecule has 1 spiro atoms. The number of Topliss-reactive ketones (excluding diaryl/α,β-unsaturated/α-hetero) is 1. The van der Waals surface area contributed by atoms with Crippen molar-refractivity contribution in [3.05, 3.63) is 28.8 Å². The van der Waals surface area contributed by atoms with Gasteiger partial charge in [-0.15, -0.1) is 0 Å². The lowest BCUT2D eigenvalue weighted by molar-refractivity contribution is -0.129. The van der Waals surface area contributed by atoms with Gasteiger partial charge in [-0.2, -0.15) is 0 Å². The lowest BCUT2D eigenvalue weighted by atomic mass is 9.55. The summed E-state index contributed by atoms with van der Waals surface area (Å²) < 4.78 is 11.5. The normalized spacial score (nSPS) is 34.4. The molecule has 0 aromatic heterocycles. The molecule has 6 rings (SSSR count). The summed E-state index contributed by atoms with van der Waals surface area (Å²) in [5.41, 5.74) is 4.15. The van der Waals surface area contributed by atoms with Crippen LogP contribution in [-0.2, 0) is 16.0 Å². The minimum atomic E-state index is -0.198. The molecule has 1 aromatic carbocycles. The lowest BCUT2D eigenvalue weighted by Gasteiger charge is -2.48. The van der Waals surface area contributed by atoms with E-state index in [4.69, 9.17) is 9.47 Å². The third-order valence-corrected chi connectivity index (χ3v) is 10.6. The number of amides is 1. The van der Waals surface area contributed by atoms with Gasteiger partial charge in [0.2, 0.25) is 0 Å². The summed E-state index contributed by atoms with van der Waals surface area (Å²) in [5.74, 6) is 2.94. The number of ketones is 1. The highest BCUT2D eigenvalue weighted by Crippen LogP contribution is 2.59. The van der Waals surface area contributed by atoms with E-state index in [1.54, 1.807) is 0 Å². The summed E-state index contributed by atoms with van der Waals surface area (Å²) >= 11 is 0. The van der Waals surface area contributed by atoms with Crippen LogP contribution in [0.5, 0.6) is 5.75 Å². The smallest absolute Gasteiger partial charge is 0.410 e. The molecule has 184 valence electrons. The van der Waals surface area contributed by atoms with E-state index >= 15 is 0 Å². The maximum Gasteiger partial charge on any atom is 0.415 e. The van der Waals surface area contributed by atoms with Gasteiger partial charge in [0.15, 0.2) is 0 Å². The molecule has 2 saturated carbocycles. The fourth-order valence-corrected chi connectivity index (χ4v) is 8.22. The number of likely N-dealkylation sites (tertiary alicyclic amines) is 1. The minimum absolute atomic E-state index is 0.0825. The van der Waals surface area contributed by atoms with Gasteiger partial charge in [0.1, 0.15) is 11.5 Å². The van der Waals surface area contributed by atoms with Crippen LogP contribution in [0.4, 0.5) is 4.79 Å². The Morgan fingerprint density at radius 2 is 1.79 bits per heavy atom. The van der Waals surface area contributed by atoms with Crippen LogP contribution in [0.15, 0.2) is 12.1 Å². The van der Waals surface area contributed by atoms with E-state index in [-0.39, 0.29) is 11.5 Å². The van der Waals surface area contributed by atoms with Crippen molar-refractivity contribution in [1.29, 1.82) is 0 Å². The highest BCUT2D eigenvalue weighted by Gasteiger charge is 2.54. The largest absolute Gasteiger partial charge is 0.415 e. The summed E-state index contributed by atoms with van der Waals surface area (Å²) in [6.45, 7) is 7.59. The molecule has 1 aromatic rings. The number of piperidine rings is 1. The third kappa shape index (κ3) is 3.61. The zero-order chi connectivity index (χ0) is 23.5. The fourth-order valence-electron chi connectivity index (χ4n) is 8.22. The maximum atomic E-state index is 13.0. The Morgan fingerprint density at radius 3 is 2.56 bits per heavy atom. The molecule has 0 radical (unpaired) electrons. The van der Waals surface area contributed by atoms with Crippen LogP contribution < -0.4 is 4.74 Å². The SMILES string of the molecule is Cc1cc2c(cc1OC(=O)N1CCC3(CCOCC3)CC1)CCC1C2CCC2(C)C(=O)CCC12. The van der Waals surface area contributed by atoms with Gasteiger partial charge in [0, 0.05) is 38.1 Å². The number of carbonyl (C=O) groups is 2. The molecular formula is C29H39NO4. The van der Waals surface area contributed by atoms with Gasteiger partial charge in [0.25, 0.3) is 0 Å². The number of ether oxygens (including phenoxy) is 2. The number of nitrogens with zero attached hydrogens (tertiary/aromatic N) is 1. The summed E-state index contributed by atoms with van der Waals surface area (Å²) in [6, 6.07) is 4.44. The van der Waals surface area contributed by atoms with Gasteiger partial charge in [-0.05, 0) is 111 Å². The van der Waals surface area contributed by atoms with Gasteiger partial charge in [-0.3, -0.25) is 4.79 Å². The number of rotatable bonds is 1. The van der Waals surface area contributed by atoms with Crippen LogP contribution in [0.3, 0.4) is 0 Å². The molecule has 5 nitrogen and oxygen atoms in total. The first-order chi connectivity index (χ1) is 16.4. The average molecular weight is 466 g/mol. The summed E-state index contributed by atoms with van der Waals surface area (Å²) in [5, 5.41) is 0. The number of hydrogen-bond donors (Lipinski definition) is 0. The van der Waals surface area contributed by atoms with Crippen LogP contribution >= 0.6 is 0 Å².